The summed E-state index contributed by atoms with van der Waals surface area (Å²) >= 11 is 0. The molecule has 0 atom stereocenters. The van der Waals surface area contributed by atoms with Gasteiger partial charge >= 0.3 is 0 Å². The van der Waals surface area contributed by atoms with Gasteiger partial charge in [-0.1, -0.05) is 18.2 Å². The summed E-state index contributed by atoms with van der Waals surface area (Å²) in [6.45, 7) is 0.426. The summed E-state index contributed by atoms with van der Waals surface area (Å²) in [6, 6.07) is 9.95. The van der Waals surface area contributed by atoms with Crippen LogP contribution in [-0.4, -0.2) is 11.7 Å². The Morgan fingerprint density at radius 1 is 1.23 bits per heavy atom. The quantitative estimate of drug-likeness (QED) is 0.677. The van der Waals surface area contributed by atoms with E-state index >= 15 is 0 Å². The van der Waals surface area contributed by atoms with Gasteiger partial charge < -0.3 is 11.1 Å². The maximum Gasteiger partial charge on any atom is 0.0933 e. The summed E-state index contributed by atoms with van der Waals surface area (Å²) in [4.78, 5) is 4.28. The smallest absolute Gasteiger partial charge is 0.0933 e. The van der Waals surface area contributed by atoms with Crippen molar-refractivity contribution in [2.45, 2.75) is 0 Å². The number of pyridine rings is 1. The lowest BCUT2D eigenvalue weighted by Gasteiger charge is -2.05. The van der Waals surface area contributed by atoms with E-state index in [-0.39, 0.29) is 0 Å². The number of hydrogen-bond donors (Lipinski definition) is 2. The fourth-order valence-electron chi connectivity index (χ4n) is 1.36. The zero-order chi connectivity index (χ0) is 9.10. The standard InChI is InChI=1S/C10H11N3/c11-7-13-9-5-1-3-8-4-2-6-12-10(8)9/h1-6,13H,7,11H2. The van der Waals surface area contributed by atoms with Crippen LogP contribution in [0.25, 0.3) is 10.9 Å². The molecule has 1 aromatic heterocycles. The van der Waals surface area contributed by atoms with Gasteiger partial charge in [-0.2, -0.15) is 0 Å². The summed E-state index contributed by atoms with van der Waals surface area (Å²) < 4.78 is 0. The maximum absolute atomic E-state index is 5.41. The predicted molar refractivity (Wildman–Crippen MR) is 54.4 cm³/mol. The lowest BCUT2D eigenvalue weighted by molar-refractivity contribution is 1.15. The van der Waals surface area contributed by atoms with Gasteiger partial charge in [0.05, 0.1) is 17.9 Å². The van der Waals surface area contributed by atoms with Crippen molar-refractivity contribution in [1.82, 2.24) is 4.98 Å². The molecule has 0 aliphatic carbocycles. The van der Waals surface area contributed by atoms with E-state index in [1.54, 1.807) is 6.20 Å². The van der Waals surface area contributed by atoms with Crippen LogP contribution in [0.15, 0.2) is 36.5 Å². The van der Waals surface area contributed by atoms with E-state index in [9.17, 15) is 0 Å². The van der Waals surface area contributed by atoms with Crippen LogP contribution in [-0.2, 0) is 0 Å². The predicted octanol–water partition coefficient (Wildman–Crippen LogP) is 1.56. The highest BCUT2D eigenvalue weighted by molar-refractivity contribution is 5.90. The zero-order valence-electron chi connectivity index (χ0n) is 7.20. The molecule has 13 heavy (non-hydrogen) atoms. The van der Waals surface area contributed by atoms with Gasteiger partial charge in [-0.3, -0.25) is 4.98 Å². The molecular formula is C10H11N3. The van der Waals surface area contributed by atoms with Crippen LogP contribution in [0.1, 0.15) is 0 Å². The zero-order valence-corrected chi connectivity index (χ0v) is 7.20. The summed E-state index contributed by atoms with van der Waals surface area (Å²) in [5.74, 6) is 0. The summed E-state index contributed by atoms with van der Waals surface area (Å²) in [5, 5.41) is 4.19. The molecule has 0 aliphatic heterocycles. The Morgan fingerprint density at radius 3 is 2.92 bits per heavy atom. The van der Waals surface area contributed by atoms with Crippen molar-refractivity contribution in [3.8, 4) is 0 Å². The van der Waals surface area contributed by atoms with Gasteiger partial charge in [-0.25, -0.2) is 0 Å². The number of anilines is 1. The summed E-state index contributed by atoms with van der Waals surface area (Å²) in [7, 11) is 0. The van der Waals surface area contributed by atoms with E-state index in [1.807, 2.05) is 30.3 Å². The van der Waals surface area contributed by atoms with Crippen molar-refractivity contribution in [3.63, 3.8) is 0 Å². The average molecular weight is 173 g/mol. The first-order valence-corrected chi connectivity index (χ1v) is 4.19. The summed E-state index contributed by atoms with van der Waals surface area (Å²) in [5.41, 5.74) is 7.37. The topological polar surface area (TPSA) is 50.9 Å². The molecule has 0 fully saturated rings. The van der Waals surface area contributed by atoms with E-state index in [1.165, 1.54) is 0 Å². The molecule has 2 rings (SSSR count). The minimum atomic E-state index is 0.426. The van der Waals surface area contributed by atoms with Gasteiger partial charge in [0.1, 0.15) is 0 Å². The number of nitrogens with one attached hydrogen (secondary N) is 1. The largest absolute Gasteiger partial charge is 0.371 e. The molecule has 0 unspecified atom stereocenters. The van der Waals surface area contributed by atoms with Gasteiger partial charge in [0.15, 0.2) is 0 Å². The molecule has 0 aliphatic rings. The third-order valence-corrected chi connectivity index (χ3v) is 1.93. The molecule has 0 amide bonds. The van der Waals surface area contributed by atoms with Gasteiger partial charge in [0.25, 0.3) is 0 Å². The molecule has 3 nitrogen and oxygen atoms in total. The molecule has 2 aromatic rings. The van der Waals surface area contributed by atoms with Crippen LogP contribution in [0.3, 0.4) is 0 Å². The molecule has 0 saturated heterocycles. The van der Waals surface area contributed by atoms with E-state index in [2.05, 4.69) is 10.3 Å². The number of nitrogens with two attached hydrogens (primary N) is 1. The molecule has 1 aromatic carbocycles. The minimum absolute atomic E-state index is 0.426. The van der Waals surface area contributed by atoms with Crippen molar-refractivity contribution in [2.75, 3.05) is 12.0 Å². The van der Waals surface area contributed by atoms with Crippen molar-refractivity contribution < 1.29 is 0 Å². The monoisotopic (exact) mass is 173 g/mol. The highest BCUT2D eigenvalue weighted by Crippen LogP contribution is 2.19. The van der Waals surface area contributed by atoms with Crippen LogP contribution in [0.4, 0.5) is 5.69 Å². The number of benzene rings is 1. The lowest BCUT2D eigenvalue weighted by atomic mass is 10.2. The second kappa shape index (κ2) is 3.41. The van der Waals surface area contributed by atoms with Gasteiger partial charge in [-0.05, 0) is 12.1 Å². The molecule has 3 N–H and O–H groups in total. The number of para-hydroxylation sites is 1. The van der Waals surface area contributed by atoms with Crippen LogP contribution < -0.4 is 11.1 Å². The highest BCUT2D eigenvalue weighted by atomic mass is 15.0. The molecular weight excluding hydrogens is 162 g/mol. The molecule has 1 heterocycles. The van der Waals surface area contributed by atoms with Gasteiger partial charge in [0.2, 0.25) is 0 Å². The number of hydrogen-bond acceptors (Lipinski definition) is 3. The Hall–Kier alpha value is -1.61. The average Bonchev–Trinajstić information content (AvgIpc) is 2.19. The second-order valence-electron chi connectivity index (χ2n) is 2.76. The number of aromatic nitrogens is 1. The van der Waals surface area contributed by atoms with E-state index in [0.29, 0.717) is 6.67 Å². The fraction of sp³-hybridized carbons (Fsp3) is 0.100. The van der Waals surface area contributed by atoms with Gasteiger partial charge in [-0.15, -0.1) is 0 Å². The van der Waals surface area contributed by atoms with Crippen molar-refractivity contribution in [1.29, 1.82) is 0 Å². The number of nitrogens with zero attached hydrogens (tertiary/aromatic N) is 1. The van der Waals surface area contributed by atoms with Crippen LogP contribution in [0.2, 0.25) is 0 Å². The molecule has 3 heteroatoms. The fourth-order valence-corrected chi connectivity index (χ4v) is 1.36. The minimum Gasteiger partial charge on any atom is -0.371 e. The molecule has 0 saturated carbocycles. The SMILES string of the molecule is NCNc1cccc2cccnc12. The Morgan fingerprint density at radius 2 is 2.08 bits per heavy atom. The Balaban J connectivity index is 2.61. The lowest BCUT2D eigenvalue weighted by Crippen LogP contribution is -2.11. The first-order chi connectivity index (χ1) is 6.42. The third-order valence-electron chi connectivity index (χ3n) is 1.93. The number of fused-ring (bicyclic) bond motifs is 1. The first kappa shape index (κ1) is 8.01. The van der Waals surface area contributed by atoms with Crippen LogP contribution in [0, 0.1) is 0 Å². The second-order valence-corrected chi connectivity index (χ2v) is 2.76. The highest BCUT2D eigenvalue weighted by Gasteiger charge is 1.98. The maximum atomic E-state index is 5.41. The Kier molecular flexibility index (Phi) is 2.10. The molecule has 0 radical (unpaired) electrons. The molecule has 66 valence electrons. The van der Waals surface area contributed by atoms with Crippen LogP contribution in [0.5, 0.6) is 0 Å². The van der Waals surface area contributed by atoms with E-state index in [4.69, 9.17) is 5.73 Å². The summed E-state index contributed by atoms with van der Waals surface area (Å²) in [6.07, 6.45) is 1.78. The van der Waals surface area contributed by atoms with Crippen molar-refractivity contribution in [3.05, 3.63) is 36.5 Å². The Bertz CT molecular complexity index is 406. The molecule has 0 bridgehead atoms. The number of rotatable bonds is 2. The van der Waals surface area contributed by atoms with E-state index < -0.39 is 0 Å². The van der Waals surface area contributed by atoms with Crippen molar-refractivity contribution >= 4 is 16.6 Å². The molecule has 0 spiro atoms. The van der Waals surface area contributed by atoms with Crippen molar-refractivity contribution in [2.24, 2.45) is 5.73 Å². The van der Waals surface area contributed by atoms with E-state index in [0.717, 1.165) is 16.6 Å². The Labute approximate surface area is 76.6 Å². The normalized spacial score (nSPS) is 10.2. The van der Waals surface area contributed by atoms with Gasteiger partial charge in [0, 0.05) is 11.6 Å². The first-order valence-electron chi connectivity index (χ1n) is 4.19. The third kappa shape index (κ3) is 1.46. The van der Waals surface area contributed by atoms with Crippen LogP contribution >= 0.6 is 0 Å².